The number of rotatable bonds is 5. The van der Waals surface area contributed by atoms with E-state index in [0.29, 0.717) is 47.6 Å². The van der Waals surface area contributed by atoms with Crippen molar-refractivity contribution in [2.24, 2.45) is 0 Å². The van der Waals surface area contributed by atoms with Gasteiger partial charge in [0.15, 0.2) is 17.6 Å². The number of piperidine rings is 1. The zero-order valence-corrected chi connectivity index (χ0v) is 21.6. The van der Waals surface area contributed by atoms with Crippen LogP contribution in [0.15, 0.2) is 73.0 Å². The smallest absolute Gasteiger partial charge is 0.344 e. The fourth-order valence-corrected chi connectivity index (χ4v) is 7.11. The van der Waals surface area contributed by atoms with Crippen molar-refractivity contribution in [3.63, 3.8) is 0 Å². The third kappa shape index (κ3) is 3.22. The van der Waals surface area contributed by atoms with E-state index in [1.54, 1.807) is 43.8 Å². The zero-order valence-electron chi connectivity index (χ0n) is 21.6. The van der Waals surface area contributed by atoms with Crippen LogP contribution in [0.2, 0.25) is 0 Å². The van der Waals surface area contributed by atoms with E-state index in [0.717, 1.165) is 17.7 Å². The Kier molecular flexibility index (Phi) is 5.28. The number of likely N-dealkylation sites (N-methyl/N-ethyl adjacent to an activating group) is 1. The van der Waals surface area contributed by atoms with Crippen molar-refractivity contribution in [1.29, 1.82) is 0 Å². The van der Waals surface area contributed by atoms with Gasteiger partial charge in [0.2, 0.25) is 0 Å². The highest BCUT2D eigenvalue weighted by Crippen LogP contribution is 2.66. The molecule has 4 atom stereocenters. The van der Waals surface area contributed by atoms with Gasteiger partial charge in [0.05, 0.1) is 29.7 Å². The molecule has 1 fully saturated rings. The maximum absolute atomic E-state index is 13.6. The first-order chi connectivity index (χ1) is 19.0. The molecule has 2 aliphatic carbocycles. The van der Waals surface area contributed by atoms with Gasteiger partial charge < -0.3 is 18.9 Å². The van der Waals surface area contributed by atoms with Gasteiger partial charge >= 0.3 is 11.9 Å². The van der Waals surface area contributed by atoms with E-state index in [1.807, 2.05) is 12.1 Å². The summed E-state index contributed by atoms with van der Waals surface area (Å²) in [6, 6.07) is 10.6. The molecule has 2 bridgehead atoms. The van der Waals surface area contributed by atoms with Crippen LogP contribution in [0.5, 0.6) is 11.5 Å². The van der Waals surface area contributed by atoms with Gasteiger partial charge in [-0.15, -0.1) is 0 Å². The van der Waals surface area contributed by atoms with E-state index < -0.39 is 29.1 Å². The van der Waals surface area contributed by atoms with Crippen LogP contribution in [0, 0.1) is 0 Å². The molecule has 0 amide bonds. The lowest BCUT2D eigenvalue weighted by Crippen LogP contribution is -2.75. The number of esters is 2. The Balaban J connectivity index is 1.40. The van der Waals surface area contributed by atoms with Crippen LogP contribution in [-0.2, 0) is 21.3 Å². The molecule has 1 spiro atoms. The number of ether oxygens (including phenoxy) is 4. The predicted molar refractivity (Wildman–Crippen MR) is 139 cm³/mol. The standard InChI is InChI=1S/C30H27N3O6/c1-33-14-11-29-24-18-7-8-21(36-2)25(24)38-26(29)22(37-27(34)19-5-3-12-31-16-19)9-10-30(29,23(33)15-18)39-28(35)20-6-4-13-32-17-20/h3-9,12-13,16-17,23,26H,10-11,14-15H2,1-2H3/t23-,26+,29+,30-/m1/s1. The molecule has 7 rings (SSSR count). The number of likely N-dealkylation sites (tertiary alicyclic amines) is 1. The van der Waals surface area contributed by atoms with Gasteiger partial charge in [0.25, 0.3) is 0 Å². The molecule has 4 heterocycles. The van der Waals surface area contributed by atoms with Crippen LogP contribution in [0.1, 0.15) is 44.7 Å². The van der Waals surface area contributed by atoms with Crippen LogP contribution in [0.4, 0.5) is 0 Å². The molecule has 1 aromatic carbocycles. The van der Waals surface area contributed by atoms with Crippen molar-refractivity contribution in [3.05, 3.63) is 95.3 Å². The number of methoxy groups -OCH3 is 1. The lowest BCUT2D eigenvalue weighted by atomic mass is 9.50. The molecular formula is C30H27N3O6. The maximum atomic E-state index is 13.6. The number of benzene rings is 1. The second kappa shape index (κ2) is 8.64. The Morgan fingerprint density at radius 1 is 1.05 bits per heavy atom. The summed E-state index contributed by atoms with van der Waals surface area (Å²) in [5.41, 5.74) is 1.09. The molecule has 0 N–H and O–H groups in total. The maximum Gasteiger partial charge on any atom is 0.344 e. The third-order valence-corrected chi connectivity index (χ3v) is 8.80. The second-order valence-corrected chi connectivity index (χ2v) is 10.5. The van der Waals surface area contributed by atoms with E-state index in [4.69, 9.17) is 18.9 Å². The largest absolute Gasteiger partial charge is 0.493 e. The summed E-state index contributed by atoms with van der Waals surface area (Å²) in [7, 11) is 3.68. The SMILES string of the molecule is COc1ccc2c3c1O[C@H]1C(OC(=O)c4cccnc4)=CC[C@@]4(OC(=O)c5cccnc5)[C@@H](C2)N(C)CC[C@]314. The minimum atomic E-state index is -0.966. The topological polar surface area (TPSA) is 100 Å². The summed E-state index contributed by atoms with van der Waals surface area (Å²) in [6.45, 7) is 0.761. The van der Waals surface area contributed by atoms with Gasteiger partial charge in [0, 0.05) is 36.8 Å². The normalized spacial score (nSPS) is 28.0. The van der Waals surface area contributed by atoms with Crippen molar-refractivity contribution in [2.45, 2.75) is 42.4 Å². The Hall–Kier alpha value is -4.24. The molecule has 9 heteroatoms. The van der Waals surface area contributed by atoms with Gasteiger partial charge in [-0.25, -0.2) is 9.59 Å². The zero-order chi connectivity index (χ0) is 26.8. The number of carbonyl (C=O) groups excluding carboxylic acids is 2. The highest BCUT2D eigenvalue weighted by atomic mass is 16.6. The van der Waals surface area contributed by atoms with Crippen LogP contribution < -0.4 is 9.47 Å². The fraction of sp³-hybridized carbons (Fsp3) is 0.333. The van der Waals surface area contributed by atoms with Crippen molar-refractivity contribution < 1.29 is 28.5 Å². The predicted octanol–water partition coefficient (Wildman–Crippen LogP) is 3.48. The number of aromatic nitrogens is 2. The van der Waals surface area contributed by atoms with Gasteiger partial charge in [-0.05, 0) is 68.4 Å². The summed E-state index contributed by atoms with van der Waals surface area (Å²) in [5, 5.41) is 0. The number of hydrogen-bond donors (Lipinski definition) is 0. The molecule has 0 radical (unpaired) electrons. The summed E-state index contributed by atoms with van der Waals surface area (Å²) in [6.07, 6.45) is 9.06. The average molecular weight is 526 g/mol. The first-order valence-electron chi connectivity index (χ1n) is 13.0. The minimum Gasteiger partial charge on any atom is -0.493 e. The molecule has 1 saturated heterocycles. The summed E-state index contributed by atoms with van der Waals surface area (Å²) >= 11 is 0. The molecule has 9 nitrogen and oxygen atoms in total. The number of pyridine rings is 2. The van der Waals surface area contributed by atoms with Crippen LogP contribution in [0.25, 0.3) is 0 Å². The highest BCUT2D eigenvalue weighted by Gasteiger charge is 2.74. The number of hydrogen-bond acceptors (Lipinski definition) is 9. The van der Waals surface area contributed by atoms with E-state index >= 15 is 0 Å². The molecule has 4 aliphatic rings. The van der Waals surface area contributed by atoms with Crippen LogP contribution in [-0.4, -0.2) is 65.3 Å². The molecule has 0 saturated carbocycles. The minimum absolute atomic E-state index is 0.114. The van der Waals surface area contributed by atoms with Crippen molar-refractivity contribution >= 4 is 11.9 Å². The molecule has 0 unspecified atom stereocenters. The molecular weight excluding hydrogens is 498 g/mol. The van der Waals surface area contributed by atoms with Gasteiger partial charge in [0.1, 0.15) is 11.4 Å². The van der Waals surface area contributed by atoms with Gasteiger partial charge in [-0.3, -0.25) is 14.9 Å². The Morgan fingerprint density at radius 3 is 2.49 bits per heavy atom. The Labute approximate surface area is 225 Å². The fourth-order valence-electron chi connectivity index (χ4n) is 7.11. The van der Waals surface area contributed by atoms with E-state index in [1.165, 1.54) is 12.4 Å². The van der Waals surface area contributed by atoms with E-state index in [-0.39, 0.29) is 6.04 Å². The van der Waals surface area contributed by atoms with Crippen LogP contribution >= 0.6 is 0 Å². The number of carbonyl (C=O) groups is 2. The molecule has 2 aromatic heterocycles. The Bertz CT molecular complexity index is 1510. The number of nitrogens with zero attached hydrogens (tertiary/aromatic N) is 3. The third-order valence-electron chi connectivity index (χ3n) is 8.80. The van der Waals surface area contributed by atoms with E-state index in [2.05, 4.69) is 28.0 Å². The van der Waals surface area contributed by atoms with Crippen LogP contribution in [0.3, 0.4) is 0 Å². The Morgan fingerprint density at radius 2 is 1.79 bits per heavy atom. The van der Waals surface area contributed by atoms with Gasteiger partial charge in [-0.1, -0.05) is 6.07 Å². The highest BCUT2D eigenvalue weighted by molar-refractivity contribution is 5.90. The quantitative estimate of drug-likeness (QED) is 0.464. The second-order valence-electron chi connectivity index (χ2n) is 10.5. The van der Waals surface area contributed by atoms with Crippen molar-refractivity contribution in [1.82, 2.24) is 14.9 Å². The molecule has 198 valence electrons. The summed E-state index contributed by atoms with van der Waals surface area (Å²) in [5.74, 6) is 0.671. The lowest BCUT2D eigenvalue weighted by Gasteiger charge is -2.62. The molecule has 3 aromatic rings. The first kappa shape index (κ1) is 23.8. The summed E-state index contributed by atoms with van der Waals surface area (Å²) < 4.78 is 25.0. The molecule has 39 heavy (non-hydrogen) atoms. The van der Waals surface area contributed by atoms with Crippen molar-refractivity contribution in [3.8, 4) is 11.5 Å². The monoisotopic (exact) mass is 525 g/mol. The van der Waals surface area contributed by atoms with Gasteiger partial charge in [-0.2, -0.15) is 0 Å². The van der Waals surface area contributed by atoms with E-state index in [9.17, 15) is 9.59 Å². The first-order valence-corrected chi connectivity index (χ1v) is 13.0. The summed E-state index contributed by atoms with van der Waals surface area (Å²) in [4.78, 5) is 37.2. The molecule has 2 aliphatic heterocycles. The lowest BCUT2D eigenvalue weighted by molar-refractivity contribution is -0.167. The van der Waals surface area contributed by atoms with Crippen molar-refractivity contribution in [2.75, 3.05) is 20.7 Å². The average Bonchev–Trinajstić information content (AvgIpc) is 3.33.